The van der Waals surface area contributed by atoms with Crippen molar-refractivity contribution in [1.29, 1.82) is 0 Å². The molecule has 1 atom stereocenters. The highest BCUT2D eigenvalue weighted by Gasteiger charge is 2.34. The summed E-state index contributed by atoms with van der Waals surface area (Å²) in [6.07, 6.45) is 3.52. The summed E-state index contributed by atoms with van der Waals surface area (Å²) in [4.78, 5) is 4.41. The third-order valence-corrected chi connectivity index (χ3v) is 3.39. The van der Waals surface area contributed by atoms with E-state index in [2.05, 4.69) is 4.98 Å². The maximum atomic E-state index is 11.4. The van der Waals surface area contributed by atoms with Crippen LogP contribution >= 0.6 is 0 Å². The average Bonchev–Trinajstić information content (AvgIpc) is 2.46. The zero-order valence-electron chi connectivity index (χ0n) is 12.9. The summed E-state index contributed by atoms with van der Waals surface area (Å²) in [5.41, 5.74) is 1.94. The molecule has 2 rings (SSSR count). The predicted octanol–water partition coefficient (Wildman–Crippen LogP) is 3.60. The van der Waals surface area contributed by atoms with Gasteiger partial charge >= 0.3 is 0 Å². The molecular weight excluding hydrogens is 262 g/mol. The first-order valence-electron chi connectivity index (χ1n) is 6.93. The highest BCUT2D eigenvalue weighted by Crippen LogP contribution is 2.37. The molecule has 0 amide bonds. The number of methoxy groups -OCH3 is 1. The van der Waals surface area contributed by atoms with Gasteiger partial charge in [-0.1, -0.05) is 29.8 Å². The van der Waals surface area contributed by atoms with E-state index in [-0.39, 0.29) is 0 Å². The van der Waals surface area contributed by atoms with Gasteiger partial charge in [0.25, 0.3) is 0 Å². The van der Waals surface area contributed by atoms with Gasteiger partial charge in [-0.05, 0) is 44.5 Å². The Morgan fingerprint density at radius 3 is 2.52 bits per heavy atom. The molecule has 0 bridgehead atoms. The van der Waals surface area contributed by atoms with Crippen LogP contribution in [0.5, 0.6) is 5.75 Å². The van der Waals surface area contributed by atoms with E-state index in [1.807, 2.05) is 63.2 Å². The first-order chi connectivity index (χ1) is 9.99. The molecule has 1 N–H and O–H groups in total. The molecule has 0 fully saturated rings. The Labute approximate surface area is 125 Å². The van der Waals surface area contributed by atoms with E-state index in [1.165, 1.54) is 0 Å². The maximum absolute atomic E-state index is 11.4. The topological polar surface area (TPSA) is 42.4 Å². The van der Waals surface area contributed by atoms with Crippen LogP contribution in [0.15, 0.2) is 54.2 Å². The smallest absolute Gasteiger partial charge is 0.154 e. The van der Waals surface area contributed by atoms with Gasteiger partial charge in [-0.2, -0.15) is 0 Å². The number of para-hydroxylation sites is 1. The van der Waals surface area contributed by atoms with Crippen LogP contribution in [0.2, 0.25) is 0 Å². The monoisotopic (exact) mass is 283 g/mol. The van der Waals surface area contributed by atoms with Crippen LogP contribution in [0.1, 0.15) is 30.7 Å². The van der Waals surface area contributed by atoms with Crippen molar-refractivity contribution in [3.63, 3.8) is 0 Å². The highest BCUT2D eigenvalue weighted by atomic mass is 16.5. The van der Waals surface area contributed by atoms with E-state index in [0.29, 0.717) is 17.0 Å². The van der Waals surface area contributed by atoms with Crippen LogP contribution in [-0.4, -0.2) is 17.2 Å². The summed E-state index contributed by atoms with van der Waals surface area (Å²) in [5, 5.41) is 11.4. The number of hydrogen-bond acceptors (Lipinski definition) is 3. The number of aryl methyl sites for hydroxylation is 1. The van der Waals surface area contributed by atoms with Crippen molar-refractivity contribution in [1.82, 2.24) is 4.98 Å². The van der Waals surface area contributed by atoms with Gasteiger partial charge in [-0.3, -0.25) is 4.98 Å². The molecule has 1 aromatic heterocycles. The van der Waals surface area contributed by atoms with E-state index < -0.39 is 5.60 Å². The van der Waals surface area contributed by atoms with Crippen molar-refractivity contribution in [2.24, 2.45) is 0 Å². The fourth-order valence-corrected chi connectivity index (χ4v) is 2.54. The molecule has 1 aromatic carbocycles. The second-order valence-corrected chi connectivity index (χ2v) is 5.36. The van der Waals surface area contributed by atoms with Crippen LogP contribution in [0.3, 0.4) is 0 Å². The van der Waals surface area contributed by atoms with Gasteiger partial charge in [0.1, 0.15) is 5.75 Å². The second kappa shape index (κ2) is 6.10. The molecule has 0 saturated carbocycles. The number of pyridine rings is 1. The molecule has 2 aromatic rings. The third-order valence-electron chi connectivity index (χ3n) is 3.39. The van der Waals surface area contributed by atoms with Crippen LogP contribution in [-0.2, 0) is 5.60 Å². The lowest BCUT2D eigenvalue weighted by atomic mass is 9.85. The molecule has 0 spiro atoms. The number of aromatic nitrogens is 1. The second-order valence-electron chi connectivity index (χ2n) is 5.36. The van der Waals surface area contributed by atoms with Crippen molar-refractivity contribution >= 4 is 0 Å². The average molecular weight is 283 g/mol. The molecule has 0 aliphatic rings. The van der Waals surface area contributed by atoms with Gasteiger partial charge in [-0.25, -0.2) is 0 Å². The largest absolute Gasteiger partial charge is 0.496 e. The fourth-order valence-electron chi connectivity index (χ4n) is 2.54. The Morgan fingerprint density at radius 1 is 1.19 bits per heavy atom. The minimum absolute atomic E-state index is 0.621. The van der Waals surface area contributed by atoms with Crippen molar-refractivity contribution in [2.75, 3.05) is 7.11 Å². The summed E-state index contributed by atoms with van der Waals surface area (Å²) in [6.45, 7) is 5.86. The lowest BCUT2D eigenvalue weighted by Crippen LogP contribution is -2.28. The predicted molar refractivity (Wildman–Crippen MR) is 84.4 cm³/mol. The summed E-state index contributed by atoms with van der Waals surface area (Å²) in [7, 11) is 1.60. The Hall–Kier alpha value is -2.13. The first kappa shape index (κ1) is 15.3. The molecule has 1 unspecified atom stereocenters. The molecule has 0 saturated heterocycles. The normalized spacial score (nSPS) is 13.4. The number of benzene rings is 1. The van der Waals surface area contributed by atoms with Crippen LogP contribution in [0, 0.1) is 6.92 Å². The summed E-state index contributed by atoms with van der Waals surface area (Å²) < 4.78 is 5.42. The zero-order chi connectivity index (χ0) is 15.5. The number of ether oxygens (including phenoxy) is 1. The molecule has 1 heterocycles. The van der Waals surface area contributed by atoms with Crippen molar-refractivity contribution in [2.45, 2.75) is 26.4 Å². The van der Waals surface area contributed by atoms with E-state index >= 15 is 0 Å². The van der Waals surface area contributed by atoms with Crippen molar-refractivity contribution < 1.29 is 9.84 Å². The lowest BCUT2D eigenvalue weighted by Gasteiger charge is -2.28. The van der Waals surface area contributed by atoms with Crippen molar-refractivity contribution in [3.05, 3.63) is 71.1 Å². The highest BCUT2D eigenvalue weighted by molar-refractivity contribution is 5.48. The van der Waals surface area contributed by atoms with E-state index in [0.717, 1.165) is 11.1 Å². The Kier molecular flexibility index (Phi) is 4.43. The molecule has 0 radical (unpaired) electrons. The Balaban J connectivity index is 2.75. The quantitative estimate of drug-likeness (QED) is 0.872. The summed E-state index contributed by atoms with van der Waals surface area (Å²) in [5.74, 6) is 0.641. The van der Waals surface area contributed by atoms with Gasteiger partial charge < -0.3 is 9.84 Å². The summed E-state index contributed by atoms with van der Waals surface area (Å²) in [6, 6.07) is 11.3. The van der Waals surface area contributed by atoms with Crippen LogP contribution in [0.4, 0.5) is 0 Å². The van der Waals surface area contributed by atoms with E-state index in [4.69, 9.17) is 4.74 Å². The number of nitrogens with zero attached hydrogens (tertiary/aromatic N) is 1. The minimum atomic E-state index is -1.31. The van der Waals surface area contributed by atoms with Crippen molar-refractivity contribution in [3.8, 4) is 5.75 Å². The van der Waals surface area contributed by atoms with E-state index in [1.54, 1.807) is 13.3 Å². The standard InChI is InChI=1S/C18H21NO2/c1-13(2)12-18(20,17-14(3)8-7-11-19-17)15-9-5-6-10-16(15)21-4/h5-12,20H,1-4H3. The molecular formula is C18H21NO2. The molecule has 0 aliphatic heterocycles. The van der Waals surface area contributed by atoms with Gasteiger partial charge in [0.15, 0.2) is 5.60 Å². The van der Waals surface area contributed by atoms with Crippen LogP contribution < -0.4 is 4.74 Å². The Bertz CT molecular complexity index is 660. The fraction of sp³-hybridized carbons (Fsp3) is 0.278. The van der Waals surface area contributed by atoms with Gasteiger partial charge in [0.2, 0.25) is 0 Å². The minimum Gasteiger partial charge on any atom is -0.496 e. The number of allylic oxidation sites excluding steroid dienone is 1. The number of hydrogen-bond donors (Lipinski definition) is 1. The van der Waals surface area contributed by atoms with Crippen LogP contribution in [0.25, 0.3) is 0 Å². The molecule has 3 heteroatoms. The van der Waals surface area contributed by atoms with Gasteiger partial charge in [-0.15, -0.1) is 0 Å². The van der Waals surface area contributed by atoms with Gasteiger partial charge in [0.05, 0.1) is 12.8 Å². The molecule has 3 nitrogen and oxygen atoms in total. The molecule has 110 valence electrons. The maximum Gasteiger partial charge on any atom is 0.154 e. The SMILES string of the molecule is COc1ccccc1C(O)(C=C(C)C)c1ncccc1C. The number of rotatable bonds is 4. The number of aliphatic hydroxyl groups is 1. The third kappa shape index (κ3) is 2.98. The molecule has 21 heavy (non-hydrogen) atoms. The zero-order valence-corrected chi connectivity index (χ0v) is 12.9. The van der Waals surface area contributed by atoms with Gasteiger partial charge in [0, 0.05) is 11.8 Å². The lowest BCUT2D eigenvalue weighted by molar-refractivity contribution is 0.124. The molecule has 0 aliphatic carbocycles. The summed E-state index contributed by atoms with van der Waals surface area (Å²) >= 11 is 0. The van der Waals surface area contributed by atoms with E-state index in [9.17, 15) is 5.11 Å². The Morgan fingerprint density at radius 2 is 1.90 bits per heavy atom. The first-order valence-corrected chi connectivity index (χ1v) is 6.93.